The van der Waals surface area contributed by atoms with Crippen LogP contribution in [0.2, 0.25) is 5.02 Å². The largest absolute Gasteiger partial charge is 0.495 e. The molecule has 1 aliphatic rings. The van der Waals surface area contributed by atoms with Crippen LogP contribution in [0.25, 0.3) is 22.0 Å². The average Bonchev–Trinajstić information content (AvgIpc) is 3.15. The monoisotopic (exact) mass is 388 g/mol. The Morgan fingerprint density at radius 3 is 2.82 bits per heavy atom. The first-order valence-electron chi connectivity index (χ1n) is 9.03. The summed E-state index contributed by atoms with van der Waals surface area (Å²) in [6.07, 6.45) is 6.12. The molecule has 3 heterocycles. The summed E-state index contributed by atoms with van der Waals surface area (Å²) in [7, 11) is 1.64. The van der Waals surface area contributed by atoms with Gasteiger partial charge in [0, 0.05) is 34.4 Å². The van der Waals surface area contributed by atoms with Crippen LogP contribution in [-0.4, -0.2) is 28.6 Å². The van der Waals surface area contributed by atoms with Gasteiger partial charge >= 0.3 is 0 Å². The molecule has 0 saturated heterocycles. The molecule has 0 unspecified atom stereocenters. The smallest absolute Gasteiger partial charge is 0.144 e. The molecule has 0 fully saturated rings. The van der Waals surface area contributed by atoms with Gasteiger partial charge in [0.05, 0.1) is 18.8 Å². The fourth-order valence-corrected chi connectivity index (χ4v) is 3.86. The highest BCUT2D eigenvalue weighted by molar-refractivity contribution is 6.31. The van der Waals surface area contributed by atoms with Gasteiger partial charge in [-0.2, -0.15) is 0 Å². The minimum absolute atomic E-state index is 0.727. The third-order valence-electron chi connectivity index (χ3n) is 5.10. The van der Waals surface area contributed by atoms with Crippen LogP contribution in [0.1, 0.15) is 5.56 Å². The van der Waals surface area contributed by atoms with Crippen molar-refractivity contribution in [2.24, 2.45) is 0 Å². The summed E-state index contributed by atoms with van der Waals surface area (Å²) >= 11 is 6.25. The van der Waals surface area contributed by atoms with Gasteiger partial charge in [-0.15, -0.1) is 0 Å². The topological polar surface area (TPSA) is 51.1 Å². The molecule has 4 aromatic rings. The van der Waals surface area contributed by atoms with Crippen LogP contribution < -0.4 is 9.64 Å². The summed E-state index contributed by atoms with van der Waals surface area (Å²) in [5.41, 5.74) is 5.33. The van der Waals surface area contributed by atoms with E-state index in [2.05, 4.69) is 32.0 Å². The van der Waals surface area contributed by atoms with Crippen LogP contribution in [0.15, 0.2) is 61.2 Å². The van der Waals surface area contributed by atoms with Gasteiger partial charge in [0.25, 0.3) is 0 Å². The molecule has 5 rings (SSSR count). The van der Waals surface area contributed by atoms with Gasteiger partial charge in [-0.3, -0.25) is 4.98 Å². The summed E-state index contributed by atoms with van der Waals surface area (Å²) in [5.74, 6) is 1.62. The highest BCUT2D eigenvalue weighted by Crippen LogP contribution is 2.38. The van der Waals surface area contributed by atoms with Crippen molar-refractivity contribution in [3.05, 3.63) is 71.8 Å². The first kappa shape index (κ1) is 17.0. The Morgan fingerprint density at radius 1 is 1.00 bits per heavy atom. The highest BCUT2D eigenvalue weighted by atomic mass is 35.5. The second-order valence-electron chi connectivity index (χ2n) is 6.72. The van der Waals surface area contributed by atoms with Crippen LogP contribution >= 0.6 is 11.6 Å². The third-order valence-corrected chi connectivity index (χ3v) is 5.33. The Balaban J connectivity index is 1.66. The third kappa shape index (κ3) is 2.84. The first-order chi connectivity index (χ1) is 13.7. The predicted octanol–water partition coefficient (Wildman–Crippen LogP) is 5.05. The number of ether oxygens (including phenoxy) is 1. The molecule has 0 N–H and O–H groups in total. The molecule has 0 atom stereocenters. The normalized spacial score (nSPS) is 13.0. The molecule has 0 bridgehead atoms. The molecular weight excluding hydrogens is 372 g/mol. The van der Waals surface area contributed by atoms with Crippen molar-refractivity contribution >= 4 is 34.0 Å². The highest BCUT2D eigenvalue weighted by Gasteiger charge is 2.23. The molecule has 0 amide bonds. The summed E-state index contributed by atoms with van der Waals surface area (Å²) < 4.78 is 5.31. The number of aromatic nitrogens is 3. The zero-order chi connectivity index (χ0) is 19.1. The maximum Gasteiger partial charge on any atom is 0.144 e. The lowest BCUT2D eigenvalue weighted by Crippen LogP contribution is -2.15. The van der Waals surface area contributed by atoms with E-state index in [0.717, 1.165) is 57.3 Å². The van der Waals surface area contributed by atoms with Crippen molar-refractivity contribution in [3.63, 3.8) is 0 Å². The van der Waals surface area contributed by atoms with E-state index in [1.54, 1.807) is 19.6 Å². The van der Waals surface area contributed by atoms with Crippen LogP contribution in [0.4, 0.5) is 11.5 Å². The van der Waals surface area contributed by atoms with Gasteiger partial charge in [-0.25, -0.2) is 9.97 Å². The van der Waals surface area contributed by atoms with Crippen LogP contribution in [-0.2, 0) is 6.42 Å². The van der Waals surface area contributed by atoms with E-state index < -0.39 is 0 Å². The van der Waals surface area contributed by atoms with Gasteiger partial charge in [0.2, 0.25) is 0 Å². The number of benzene rings is 2. The maximum absolute atomic E-state index is 6.25. The van der Waals surface area contributed by atoms with Crippen LogP contribution in [0, 0.1) is 0 Å². The molecule has 5 nitrogen and oxygen atoms in total. The second-order valence-corrected chi connectivity index (χ2v) is 7.15. The van der Waals surface area contributed by atoms with Crippen molar-refractivity contribution in [2.45, 2.75) is 6.42 Å². The number of pyridine rings is 1. The van der Waals surface area contributed by atoms with Gasteiger partial charge in [0.1, 0.15) is 17.9 Å². The van der Waals surface area contributed by atoms with E-state index >= 15 is 0 Å². The van der Waals surface area contributed by atoms with Gasteiger partial charge in [-0.05, 0) is 47.9 Å². The number of methoxy groups -OCH3 is 1. The van der Waals surface area contributed by atoms with Gasteiger partial charge in [0.15, 0.2) is 0 Å². The number of hydrogen-bond donors (Lipinski definition) is 0. The maximum atomic E-state index is 6.25. The summed E-state index contributed by atoms with van der Waals surface area (Å²) in [6, 6.07) is 14.2. The number of halogens is 1. The number of rotatable bonds is 3. The number of anilines is 2. The lowest BCUT2D eigenvalue weighted by Gasteiger charge is -2.20. The Bertz CT molecular complexity index is 1190. The molecule has 138 valence electrons. The van der Waals surface area contributed by atoms with Crippen molar-refractivity contribution in [1.82, 2.24) is 15.0 Å². The van der Waals surface area contributed by atoms with E-state index in [1.807, 2.05) is 36.5 Å². The van der Waals surface area contributed by atoms with Crippen molar-refractivity contribution in [2.75, 3.05) is 18.6 Å². The standard InChI is InChI=1S/C22H17ClN4O/c1-28-18-8-16(11-24-12-18)15-3-5-20-19(9-15)22(26-13-25-20)27-7-6-14-2-4-17(23)10-21(14)27/h2-5,8-13H,6-7H2,1H3. The SMILES string of the molecule is COc1cncc(-c2ccc3ncnc(N4CCc5ccc(Cl)cc54)c3c2)c1. The van der Waals surface area contributed by atoms with E-state index in [0.29, 0.717) is 0 Å². The fraction of sp³-hybridized carbons (Fsp3) is 0.136. The fourth-order valence-electron chi connectivity index (χ4n) is 3.70. The average molecular weight is 389 g/mol. The molecule has 0 saturated carbocycles. The second kappa shape index (κ2) is 6.77. The van der Waals surface area contributed by atoms with Crippen molar-refractivity contribution in [1.29, 1.82) is 0 Å². The Kier molecular flexibility index (Phi) is 4.10. The first-order valence-corrected chi connectivity index (χ1v) is 9.41. The molecule has 0 radical (unpaired) electrons. The minimum atomic E-state index is 0.727. The summed E-state index contributed by atoms with van der Waals surface area (Å²) in [5, 5.41) is 1.72. The van der Waals surface area contributed by atoms with Gasteiger partial charge in [-0.1, -0.05) is 23.7 Å². The lowest BCUT2D eigenvalue weighted by molar-refractivity contribution is 0.413. The Morgan fingerprint density at radius 2 is 1.93 bits per heavy atom. The molecule has 6 heteroatoms. The molecule has 1 aliphatic heterocycles. The minimum Gasteiger partial charge on any atom is -0.495 e. The molecule has 2 aromatic carbocycles. The Labute approximate surface area is 167 Å². The molecular formula is C22H17ClN4O. The quantitative estimate of drug-likeness (QED) is 0.491. The molecule has 0 aliphatic carbocycles. The van der Waals surface area contributed by atoms with Crippen molar-refractivity contribution < 1.29 is 4.74 Å². The van der Waals surface area contributed by atoms with E-state index in [1.165, 1.54) is 5.56 Å². The molecule has 28 heavy (non-hydrogen) atoms. The molecule has 2 aromatic heterocycles. The van der Waals surface area contributed by atoms with E-state index in [9.17, 15) is 0 Å². The van der Waals surface area contributed by atoms with E-state index in [4.69, 9.17) is 16.3 Å². The zero-order valence-electron chi connectivity index (χ0n) is 15.3. The summed E-state index contributed by atoms with van der Waals surface area (Å²) in [4.78, 5) is 15.6. The van der Waals surface area contributed by atoms with Crippen molar-refractivity contribution in [3.8, 4) is 16.9 Å². The van der Waals surface area contributed by atoms with Crippen LogP contribution in [0.5, 0.6) is 5.75 Å². The zero-order valence-corrected chi connectivity index (χ0v) is 16.0. The number of nitrogens with zero attached hydrogens (tertiary/aromatic N) is 4. The van der Waals surface area contributed by atoms with E-state index in [-0.39, 0.29) is 0 Å². The lowest BCUT2D eigenvalue weighted by atomic mass is 10.0. The predicted molar refractivity (Wildman–Crippen MR) is 111 cm³/mol. The molecule has 0 spiro atoms. The summed E-state index contributed by atoms with van der Waals surface area (Å²) in [6.45, 7) is 0.868. The number of fused-ring (bicyclic) bond motifs is 2. The Hall–Kier alpha value is -3.18. The van der Waals surface area contributed by atoms with Gasteiger partial charge < -0.3 is 9.64 Å². The number of hydrogen-bond acceptors (Lipinski definition) is 5. The van der Waals surface area contributed by atoms with Crippen LogP contribution in [0.3, 0.4) is 0 Å².